The van der Waals surface area contributed by atoms with E-state index in [9.17, 15) is 18.0 Å². The van der Waals surface area contributed by atoms with Crippen LogP contribution in [0.4, 0.5) is 5.69 Å². The van der Waals surface area contributed by atoms with Gasteiger partial charge in [0.15, 0.2) is 0 Å². The summed E-state index contributed by atoms with van der Waals surface area (Å²) < 4.78 is 33.1. The molecule has 4 aromatic rings. The molecule has 0 unspecified atom stereocenters. The van der Waals surface area contributed by atoms with Gasteiger partial charge in [-0.15, -0.1) is 0 Å². The average molecular weight is 628 g/mol. The van der Waals surface area contributed by atoms with Gasteiger partial charge in [0.2, 0.25) is 21.8 Å². The summed E-state index contributed by atoms with van der Waals surface area (Å²) >= 11 is 0. The van der Waals surface area contributed by atoms with E-state index in [1.165, 1.54) is 4.90 Å². The first-order chi connectivity index (χ1) is 21.5. The molecule has 45 heavy (non-hydrogen) atoms. The standard InChI is InChI=1S/C36H41N3O5S/c1-27(2)37-36(41)34(23-29-13-7-5-8-14-29)38(24-31-17-11-12-28(3)22-31)35(40)25-39(45(4,42)43)32-18-20-33(21-19-32)44-26-30-15-9-6-10-16-30/h5-22,27,34H,23-26H2,1-4H3,(H,37,41)/t34-/m1/s1. The highest BCUT2D eigenvalue weighted by molar-refractivity contribution is 7.92. The zero-order valence-corrected chi connectivity index (χ0v) is 27.0. The van der Waals surface area contributed by atoms with Gasteiger partial charge in [0.1, 0.15) is 24.9 Å². The van der Waals surface area contributed by atoms with Gasteiger partial charge in [-0.25, -0.2) is 8.42 Å². The molecule has 4 rings (SSSR count). The third kappa shape index (κ3) is 9.94. The van der Waals surface area contributed by atoms with Crippen molar-refractivity contribution in [3.05, 3.63) is 131 Å². The third-order valence-corrected chi connectivity index (χ3v) is 8.33. The fourth-order valence-electron chi connectivity index (χ4n) is 5.01. The number of nitrogens with zero attached hydrogens (tertiary/aromatic N) is 2. The fourth-order valence-corrected chi connectivity index (χ4v) is 5.85. The summed E-state index contributed by atoms with van der Waals surface area (Å²) in [7, 11) is -3.87. The molecule has 4 aromatic carbocycles. The lowest BCUT2D eigenvalue weighted by molar-refractivity contribution is -0.140. The minimum Gasteiger partial charge on any atom is -0.489 e. The zero-order chi connectivity index (χ0) is 32.4. The first-order valence-corrected chi connectivity index (χ1v) is 16.8. The summed E-state index contributed by atoms with van der Waals surface area (Å²) in [5, 5.41) is 2.96. The van der Waals surface area contributed by atoms with Crippen molar-refractivity contribution in [2.24, 2.45) is 0 Å². The van der Waals surface area contributed by atoms with Crippen molar-refractivity contribution in [2.45, 2.75) is 52.4 Å². The first-order valence-electron chi connectivity index (χ1n) is 14.9. The van der Waals surface area contributed by atoms with Crippen LogP contribution < -0.4 is 14.4 Å². The molecule has 0 saturated heterocycles. The van der Waals surface area contributed by atoms with E-state index in [2.05, 4.69) is 5.32 Å². The van der Waals surface area contributed by atoms with Crippen molar-refractivity contribution < 1.29 is 22.7 Å². The number of rotatable bonds is 14. The molecule has 0 spiro atoms. The molecular formula is C36H41N3O5S. The van der Waals surface area contributed by atoms with Crippen LogP contribution in [0.15, 0.2) is 109 Å². The van der Waals surface area contributed by atoms with Crippen LogP contribution in [0.3, 0.4) is 0 Å². The van der Waals surface area contributed by atoms with Gasteiger partial charge in [-0.3, -0.25) is 13.9 Å². The molecule has 0 saturated carbocycles. The number of carbonyl (C=O) groups is 2. The van der Waals surface area contributed by atoms with E-state index in [4.69, 9.17) is 4.74 Å². The van der Waals surface area contributed by atoms with E-state index in [1.807, 2.05) is 106 Å². The second kappa shape index (κ2) is 15.4. The maximum Gasteiger partial charge on any atom is 0.244 e. The molecule has 0 heterocycles. The molecular weight excluding hydrogens is 586 g/mol. The van der Waals surface area contributed by atoms with E-state index >= 15 is 0 Å². The Hall–Kier alpha value is -4.63. The van der Waals surface area contributed by atoms with Gasteiger partial charge in [-0.05, 0) is 61.7 Å². The number of aryl methyl sites for hydroxylation is 1. The monoisotopic (exact) mass is 627 g/mol. The molecule has 0 aliphatic heterocycles. The predicted molar refractivity (Wildman–Crippen MR) is 178 cm³/mol. The number of carbonyl (C=O) groups excluding carboxylic acids is 2. The minimum atomic E-state index is -3.87. The van der Waals surface area contributed by atoms with Crippen LogP contribution >= 0.6 is 0 Å². The van der Waals surface area contributed by atoms with E-state index in [-0.39, 0.29) is 24.9 Å². The van der Waals surface area contributed by atoms with Crippen LogP contribution in [0.2, 0.25) is 0 Å². The van der Waals surface area contributed by atoms with E-state index in [0.29, 0.717) is 18.0 Å². The Labute approximate surface area is 266 Å². The zero-order valence-electron chi connectivity index (χ0n) is 26.2. The Balaban J connectivity index is 1.64. The summed E-state index contributed by atoms with van der Waals surface area (Å²) in [4.78, 5) is 29.4. The van der Waals surface area contributed by atoms with Gasteiger partial charge >= 0.3 is 0 Å². The van der Waals surface area contributed by atoms with Crippen LogP contribution in [-0.4, -0.2) is 50.0 Å². The Morgan fingerprint density at radius 1 is 0.800 bits per heavy atom. The summed E-state index contributed by atoms with van der Waals surface area (Å²) in [5.41, 5.74) is 4.06. The quantitative estimate of drug-likeness (QED) is 0.199. The van der Waals surface area contributed by atoms with E-state index in [1.54, 1.807) is 24.3 Å². The second-order valence-corrected chi connectivity index (χ2v) is 13.3. The number of anilines is 1. The summed E-state index contributed by atoms with van der Waals surface area (Å²) in [6, 6.07) is 32.5. The van der Waals surface area contributed by atoms with Crippen molar-refractivity contribution >= 4 is 27.5 Å². The Bertz CT molecular complexity index is 1660. The second-order valence-electron chi connectivity index (χ2n) is 11.4. The third-order valence-electron chi connectivity index (χ3n) is 7.19. The molecule has 0 fully saturated rings. The molecule has 9 heteroatoms. The Morgan fingerprint density at radius 3 is 1.98 bits per heavy atom. The number of hydrogen-bond acceptors (Lipinski definition) is 5. The SMILES string of the molecule is Cc1cccc(CN(C(=O)CN(c2ccc(OCc3ccccc3)cc2)S(C)(=O)=O)[C@H](Cc2ccccc2)C(=O)NC(C)C)c1. The molecule has 1 atom stereocenters. The van der Waals surface area contributed by atoms with Gasteiger partial charge in [-0.1, -0.05) is 90.5 Å². The smallest absolute Gasteiger partial charge is 0.244 e. The van der Waals surface area contributed by atoms with Gasteiger partial charge in [0.05, 0.1) is 11.9 Å². The molecule has 0 aliphatic rings. The summed E-state index contributed by atoms with van der Waals surface area (Å²) in [5.74, 6) is -0.233. The minimum absolute atomic E-state index is 0.132. The molecule has 8 nitrogen and oxygen atoms in total. The van der Waals surface area contributed by atoms with E-state index in [0.717, 1.165) is 32.8 Å². The van der Waals surface area contributed by atoms with Crippen LogP contribution in [-0.2, 0) is 39.2 Å². The maximum absolute atomic E-state index is 14.2. The van der Waals surface area contributed by atoms with Crippen LogP contribution in [0, 0.1) is 6.92 Å². The average Bonchev–Trinajstić information content (AvgIpc) is 3.01. The lowest BCUT2D eigenvalue weighted by Crippen LogP contribution is -2.54. The molecule has 0 aliphatic carbocycles. The summed E-state index contributed by atoms with van der Waals surface area (Å²) in [6.45, 7) is 5.71. The highest BCUT2D eigenvalue weighted by Gasteiger charge is 2.33. The van der Waals surface area contributed by atoms with Gasteiger partial charge in [-0.2, -0.15) is 0 Å². The summed E-state index contributed by atoms with van der Waals surface area (Å²) in [6.07, 6.45) is 1.33. The number of ether oxygens (including phenoxy) is 1. The van der Waals surface area contributed by atoms with Crippen LogP contribution in [0.25, 0.3) is 0 Å². The molecule has 0 radical (unpaired) electrons. The molecule has 1 N–H and O–H groups in total. The Morgan fingerprint density at radius 2 is 1.40 bits per heavy atom. The maximum atomic E-state index is 14.2. The number of hydrogen-bond donors (Lipinski definition) is 1. The van der Waals surface area contributed by atoms with Gasteiger partial charge < -0.3 is 15.0 Å². The molecule has 236 valence electrons. The van der Waals surface area contributed by atoms with Crippen molar-refractivity contribution in [1.29, 1.82) is 0 Å². The van der Waals surface area contributed by atoms with Crippen molar-refractivity contribution in [3.8, 4) is 5.75 Å². The van der Waals surface area contributed by atoms with Crippen LogP contribution in [0.5, 0.6) is 5.75 Å². The normalized spacial score (nSPS) is 11.9. The lowest BCUT2D eigenvalue weighted by Gasteiger charge is -2.34. The first kappa shape index (κ1) is 33.3. The largest absolute Gasteiger partial charge is 0.489 e. The molecule has 0 bridgehead atoms. The number of benzene rings is 4. The number of sulfonamides is 1. The van der Waals surface area contributed by atoms with Crippen molar-refractivity contribution in [2.75, 3.05) is 17.1 Å². The fraction of sp³-hybridized carbons (Fsp3) is 0.278. The van der Waals surface area contributed by atoms with E-state index < -0.39 is 28.5 Å². The lowest BCUT2D eigenvalue weighted by atomic mass is 10.0. The number of amides is 2. The number of nitrogens with one attached hydrogen (secondary N) is 1. The topological polar surface area (TPSA) is 96.0 Å². The molecule has 2 amide bonds. The van der Waals surface area contributed by atoms with Crippen LogP contribution in [0.1, 0.15) is 36.1 Å². The predicted octanol–water partition coefficient (Wildman–Crippen LogP) is 5.50. The highest BCUT2D eigenvalue weighted by Crippen LogP contribution is 2.24. The van der Waals surface area contributed by atoms with Crippen molar-refractivity contribution in [3.63, 3.8) is 0 Å². The van der Waals surface area contributed by atoms with Gasteiger partial charge in [0.25, 0.3) is 0 Å². The van der Waals surface area contributed by atoms with Crippen molar-refractivity contribution in [1.82, 2.24) is 10.2 Å². The highest BCUT2D eigenvalue weighted by atomic mass is 32.2. The molecule has 0 aromatic heterocycles. The van der Waals surface area contributed by atoms with Gasteiger partial charge in [0, 0.05) is 19.0 Å². The Kier molecular flexibility index (Phi) is 11.4.